The van der Waals surface area contributed by atoms with Crippen LogP contribution in [0.5, 0.6) is 5.75 Å². The third kappa shape index (κ3) is 3.08. The van der Waals surface area contributed by atoms with Crippen LogP contribution in [0.2, 0.25) is 0 Å². The summed E-state index contributed by atoms with van der Waals surface area (Å²) in [6.45, 7) is 1.97. The highest BCUT2D eigenvalue weighted by Gasteiger charge is 2.04. The van der Waals surface area contributed by atoms with E-state index in [0.29, 0.717) is 11.4 Å². The van der Waals surface area contributed by atoms with Gasteiger partial charge in [-0.25, -0.2) is 4.98 Å². The molecule has 106 valence electrons. The summed E-state index contributed by atoms with van der Waals surface area (Å²) in [5.41, 5.74) is 2.39. The Hall–Kier alpha value is -2.27. The predicted octanol–water partition coefficient (Wildman–Crippen LogP) is 3.00. The van der Waals surface area contributed by atoms with E-state index in [1.54, 1.807) is 30.5 Å². The molecule has 1 aromatic carbocycles. The second-order valence-electron chi connectivity index (χ2n) is 4.80. The monoisotopic (exact) mass is 298 g/mol. The van der Waals surface area contributed by atoms with E-state index in [0.717, 1.165) is 16.2 Å². The molecular weight excluding hydrogens is 284 g/mol. The number of phenols is 1. The average Bonchev–Trinajstić information content (AvgIpc) is 2.45. The van der Waals surface area contributed by atoms with Crippen LogP contribution in [0.1, 0.15) is 11.3 Å². The van der Waals surface area contributed by atoms with E-state index in [2.05, 4.69) is 4.98 Å². The first-order valence-corrected chi connectivity index (χ1v) is 7.51. The Kier molecular flexibility index (Phi) is 3.66. The highest BCUT2D eigenvalue weighted by molar-refractivity contribution is 7.98. The largest absolute Gasteiger partial charge is 0.508 e. The van der Waals surface area contributed by atoms with E-state index in [-0.39, 0.29) is 11.3 Å². The molecule has 0 amide bonds. The maximum absolute atomic E-state index is 12.0. The molecule has 1 N–H and O–H groups in total. The number of aromatic hydroxyl groups is 1. The van der Waals surface area contributed by atoms with Gasteiger partial charge in [-0.3, -0.25) is 9.20 Å². The van der Waals surface area contributed by atoms with Crippen LogP contribution >= 0.6 is 11.8 Å². The molecule has 0 unspecified atom stereocenters. The van der Waals surface area contributed by atoms with Gasteiger partial charge in [0.25, 0.3) is 5.56 Å². The topological polar surface area (TPSA) is 54.6 Å². The fourth-order valence-electron chi connectivity index (χ4n) is 2.06. The molecule has 0 bridgehead atoms. The Bertz CT molecular complexity index is 858. The number of aromatic nitrogens is 2. The number of aryl methyl sites for hydroxylation is 1. The van der Waals surface area contributed by atoms with Crippen LogP contribution < -0.4 is 5.56 Å². The molecular formula is C16H14N2O2S. The minimum atomic E-state index is -0.0773. The SMILES string of the molecule is Cc1ccn2c(=O)cc(CSc3cccc(O)c3)nc2c1. The molecule has 0 atom stereocenters. The van der Waals surface area contributed by atoms with Crippen molar-refractivity contribution in [1.82, 2.24) is 9.38 Å². The van der Waals surface area contributed by atoms with Crippen LogP contribution in [-0.2, 0) is 5.75 Å². The van der Waals surface area contributed by atoms with E-state index < -0.39 is 0 Å². The summed E-state index contributed by atoms with van der Waals surface area (Å²) >= 11 is 1.54. The summed E-state index contributed by atoms with van der Waals surface area (Å²) in [6, 6.07) is 12.4. The van der Waals surface area contributed by atoms with Crippen LogP contribution in [-0.4, -0.2) is 14.5 Å². The van der Waals surface area contributed by atoms with Crippen molar-refractivity contribution in [2.75, 3.05) is 0 Å². The molecule has 0 aliphatic carbocycles. The van der Waals surface area contributed by atoms with E-state index in [4.69, 9.17) is 0 Å². The van der Waals surface area contributed by atoms with Crippen molar-refractivity contribution in [2.24, 2.45) is 0 Å². The number of hydrogen-bond donors (Lipinski definition) is 1. The van der Waals surface area contributed by atoms with Crippen molar-refractivity contribution in [3.63, 3.8) is 0 Å². The molecule has 0 fully saturated rings. The first kappa shape index (κ1) is 13.7. The summed E-state index contributed by atoms with van der Waals surface area (Å²) < 4.78 is 1.54. The van der Waals surface area contributed by atoms with Gasteiger partial charge in [-0.2, -0.15) is 0 Å². The standard InChI is InChI=1S/C16H14N2O2S/c1-11-5-6-18-15(7-11)17-12(8-16(18)20)10-21-14-4-2-3-13(19)9-14/h2-9,19H,10H2,1H3. The zero-order chi connectivity index (χ0) is 14.8. The summed E-state index contributed by atoms with van der Waals surface area (Å²) in [7, 11) is 0. The Morgan fingerprint density at radius 1 is 1.24 bits per heavy atom. The molecule has 0 aliphatic rings. The highest BCUT2D eigenvalue weighted by atomic mass is 32.2. The zero-order valence-corrected chi connectivity index (χ0v) is 12.3. The first-order valence-electron chi connectivity index (χ1n) is 6.52. The number of hydrogen-bond acceptors (Lipinski definition) is 4. The Morgan fingerprint density at radius 3 is 2.90 bits per heavy atom. The molecule has 0 saturated heterocycles. The minimum absolute atomic E-state index is 0.0773. The maximum Gasteiger partial charge on any atom is 0.258 e. The van der Waals surface area contributed by atoms with Gasteiger partial charge in [0.2, 0.25) is 0 Å². The average molecular weight is 298 g/mol. The fourth-order valence-corrected chi connectivity index (χ4v) is 2.90. The van der Waals surface area contributed by atoms with Crippen LogP contribution in [0, 0.1) is 6.92 Å². The van der Waals surface area contributed by atoms with Gasteiger partial charge in [0.15, 0.2) is 0 Å². The normalized spacial score (nSPS) is 10.9. The van der Waals surface area contributed by atoms with E-state index >= 15 is 0 Å². The Labute approximate surface area is 126 Å². The lowest BCUT2D eigenvalue weighted by molar-refractivity contribution is 0.474. The van der Waals surface area contributed by atoms with E-state index in [9.17, 15) is 9.90 Å². The molecule has 2 heterocycles. The number of fused-ring (bicyclic) bond motifs is 1. The van der Waals surface area contributed by atoms with Crippen LogP contribution in [0.15, 0.2) is 58.4 Å². The summed E-state index contributed by atoms with van der Waals surface area (Å²) in [4.78, 5) is 17.5. The molecule has 0 saturated carbocycles. The van der Waals surface area contributed by atoms with Gasteiger partial charge in [-0.05, 0) is 42.8 Å². The quantitative estimate of drug-likeness (QED) is 0.755. The molecule has 0 aliphatic heterocycles. The Morgan fingerprint density at radius 2 is 2.10 bits per heavy atom. The lowest BCUT2D eigenvalue weighted by Gasteiger charge is -2.05. The van der Waals surface area contributed by atoms with E-state index in [1.807, 2.05) is 25.1 Å². The maximum atomic E-state index is 12.0. The lowest BCUT2D eigenvalue weighted by atomic mass is 10.3. The van der Waals surface area contributed by atoms with Gasteiger partial charge < -0.3 is 5.11 Å². The fraction of sp³-hybridized carbons (Fsp3) is 0.125. The zero-order valence-electron chi connectivity index (χ0n) is 11.5. The second kappa shape index (κ2) is 5.61. The third-order valence-corrected chi connectivity index (χ3v) is 4.11. The Balaban J connectivity index is 1.89. The number of thioether (sulfide) groups is 1. The number of benzene rings is 1. The molecule has 0 spiro atoms. The third-order valence-electron chi connectivity index (χ3n) is 3.08. The van der Waals surface area contributed by atoms with Gasteiger partial charge in [0.05, 0.1) is 5.69 Å². The van der Waals surface area contributed by atoms with Crippen LogP contribution in [0.25, 0.3) is 5.65 Å². The number of rotatable bonds is 3. The van der Waals surface area contributed by atoms with Gasteiger partial charge in [0, 0.05) is 22.9 Å². The summed E-state index contributed by atoms with van der Waals surface area (Å²) in [5, 5.41) is 9.44. The van der Waals surface area contributed by atoms with E-state index in [1.165, 1.54) is 16.2 Å². The van der Waals surface area contributed by atoms with Gasteiger partial charge >= 0.3 is 0 Å². The van der Waals surface area contributed by atoms with Crippen molar-refractivity contribution in [2.45, 2.75) is 17.6 Å². The van der Waals surface area contributed by atoms with Crippen molar-refractivity contribution in [3.05, 3.63) is 70.3 Å². The molecule has 5 heteroatoms. The summed E-state index contributed by atoms with van der Waals surface area (Å²) in [5.74, 6) is 0.825. The van der Waals surface area contributed by atoms with Crippen LogP contribution in [0.3, 0.4) is 0 Å². The van der Waals surface area contributed by atoms with Gasteiger partial charge in [-0.1, -0.05) is 6.07 Å². The smallest absolute Gasteiger partial charge is 0.258 e. The first-order chi connectivity index (χ1) is 10.1. The van der Waals surface area contributed by atoms with Crippen molar-refractivity contribution in [1.29, 1.82) is 0 Å². The molecule has 21 heavy (non-hydrogen) atoms. The van der Waals surface area contributed by atoms with Gasteiger partial charge in [0.1, 0.15) is 11.4 Å². The summed E-state index contributed by atoms with van der Waals surface area (Å²) in [6.07, 6.45) is 1.74. The van der Waals surface area contributed by atoms with Crippen LogP contribution in [0.4, 0.5) is 0 Å². The predicted molar refractivity (Wildman–Crippen MR) is 83.9 cm³/mol. The second-order valence-corrected chi connectivity index (χ2v) is 5.85. The van der Waals surface area contributed by atoms with Gasteiger partial charge in [-0.15, -0.1) is 11.8 Å². The minimum Gasteiger partial charge on any atom is -0.508 e. The van der Waals surface area contributed by atoms with Crippen molar-refractivity contribution < 1.29 is 5.11 Å². The number of nitrogens with zero attached hydrogens (tertiary/aromatic N) is 2. The molecule has 3 aromatic rings. The highest BCUT2D eigenvalue weighted by Crippen LogP contribution is 2.24. The molecule has 3 rings (SSSR count). The molecule has 4 nitrogen and oxygen atoms in total. The van der Waals surface area contributed by atoms with Crippen molar-refractivity contribution >= 4 is 17.4 Å². The molecule has 2 aromatic heterocycles. The molecule has 0 radical (unpaired) electrons. The number of pyridine rings is 1. The van der Waals surface area contributed by atoms with Crippen molar-refractivity contribution in [3.8, 4) is 5.75 Å². The lowest BCUT2D eigenvalue weighted by Crippen LogP contribution is -2.15. The number of phenolic OH excluding ortho intramolecular Hbond substituents is 1.